The number of carboxylic acids is 1. The molecule has 0 amide bonds. The van der Waals surface area contributed by atoms with E-state index in [0.717, 1.165) is 11.8 Å². The molecule has 0 aromatic heterocycles. The molecule has 0 bridgehead atoms. The number of nitrogens with zero attached hydrogens (tertiary/aromatic N) is 1. The number of carbonyl (C=O) groups is 2. The number of carboxylic acid groups (broad SMARTS) is 1. The van der Waals surface area contributed by atoms with Crippen LogP contribution in [-0.2, 0) is 16.0 Å². The van der Waals surface area contributed by atoms with Crippen molar-refractivity contribution < 1.29 is 14.7 Å². The molecular weight excluding hydrogens is 218 g/mol. The number of carbonyl (C=O) groups excluding carboxylic acids is 1. The van der Waals surface area contributed by atoms with Crippen LogP contribution in [0.15, 0.2) is 47.1 Å². The van der Waals surface area contributed by atoms with Crippen LogP contribution in [-0.4, -0.2) is 23.1 Å². The highest BCUT2D eigenvalue weighted by Gasteiger charge is 2.27. The number of benzene rings is 1. The number of aliphatic carboxylic acids is 1. The Morgan fingerprint density at radius 3 is 2.65 bits per heavy atom. The predicted octanol–water partition coefficient (Wildman–Crippen LogP) is 1.47. The van der Waals surface area contributed by atoms with Gasteiger partial charge in [0.15, 0.2) is 5.78 Å². The number of hydrogen-bond donors (Lipinski definition) is 1. The molecule has 4 nitrogen and oxygen atoms in total. The average Bonchev–Trinajstić information content (AvgIpc) is 2.33. The molecule has 1 aromatic carbocycles. The van der Waals surface area contributed by atoms with E-state index in [0.29, 0.717) is 6.42 Å². The zero-order chi connectivity index (χ0) is 12.3. The topological polar surface area (TPSA) is 66.7 Å². The molecule has 0 fully saturated rings. The lowest BCUT2D eigenvalue weighted by molar-refractivity contribution is -0.135. The number of aliphatic imine (C=N–C) groups is 1. The normalized spacial score (nSPS) is 18.9. The van der Waals surface area contributed by atoms with Gasteiger partial charge in [0.1, 0.15) is 5.57 Å². The first-order valence-electron chi connectivity index (χ1n) is 5.23. The Labute approximate surface area is 98.3 Å². The lowest BCUT2D eigenvalue weighted by atomic mass is 9.91. The van der Waals surface area contributed by atoms with Gasteiger partial charge in [-0.25, -0.2) is 4.79 Å². The van der Waals surface area contributed by atoms with Gasteiger partial charge in [-0.1, -0.05) is 30.3 Å². The number of rotatable bonds is 3. The first-order valence-corrected chi connectivity index (χ1v) is 5.23. The van der Waals surface area contributed by atoms with Crippen LogP contribution in [0.4, 0.5) is 0 Å². The van der Waals surface area contributed by atoms with Crippen LogP contribution in [0.1, 0.15) is 5.56 Å². The second-order valence-corrected chi connectivity index (χ2v) is 3.81. The predicted molar refractivity (Wildman–Crippen MR) is 62.9 cm³/mol. The van der Waals surface area contributed by atoms with E-state index >= 15 is 0 Å². The van der Waals surface area contributed by atoms with Gasteiger partial charge in [-0.05, 0) is 12.0 Å². The van der Waals surface area contributed by atoms with Crippen LogP contribution in [0, 0.1) is 5.92 Å². The highest BCUT2D eigenvalue weighted by Crippen LogP contribution is 2.16. The van der Waals surface area contributed by atoms with Crippen LogP contribution >= 0.6 is 0 Å². The van der Waals surface area contributed by atoms with E-state index in [9.17, 15) is 9.59 Å². The minimum atomic E-state index is -1.22. The van der Waals surface area contributed by atoms with Crippen LogP contribution in [0.25, 0.3) is 0 Å². The van der Waals surface area contributed by atoms with Crippen LogP contribution in [0.2, 0.25) is 0 Å². The summed E-state index contributed by atoms with van der Waals surface area (Å²) in [6, 6.07) is 9.46. The van der Waals surface area contributed by atoms with E-state index in [2.05, 4.69) is 4.99 Å². The Bertz CT molecular complexity index is 503. The summed E-state index contributed by atoms with van der Waals surface area (Å²) in [5, 5.41) is 8.83. The molecule has 1 aliphatic rings. The van der Waals surface area contributed by atoms with Gasteiger partial charge in [-0.15, -0.1) is 0 Å². The zero-order valence-corrected chi connectivity index (χ0v) is 9.04. The summed E-state index contributed by atoms with van der Waals surface area (Å²) < 4.78 is 0. The van der Waals surface area contributed by atoms with Crippen molar-refractivity contribution in [1.29, 1.82) is 0 Å². The second-order valence-electron chi connectivity index (χ2n) is 3.81. The summed E-state index contributed by atoms with van der Waals surface area (Å²) in [7, 11) is 0. The molecule has 17 heavy (non-hydrogen) atoms. The fraction of sp³-hybridized carbons (Fsp3) is 0.154. The van der Waals surface area contributed by atoms with Crippen molar-refractivity contribution in [2.45, 2.75) is 6.42 Å². The quantitative estimate of drug-likeness (QED) is 0.798. The Morgan fingerprint density at radius 1 is 1.29 bits per heavy atom. The van der Waals surface area contributed by atoms with Gasteiger partial charge in [-0.3, -0.25) is 9.79 Å². The molecule has 86 valence electrons. The molecule has 0 radical (unpaired) electrons. The maximum Gasteiger partial charge on any atom is 0.340 e. The van der Waals surface area contributed by atoms with Gasteiger partial charge in [0.25, 0.3) is 0 Å². The minimum Gasteiger partial charge on any atom is -0.478 e. The highest BCUT2D eigenvalue weighted by atomic mass is 16.4. The fourth-order valence-electron chi connectivity index (χ4n) is 1.73. The summed E-state index contributed by atoms with van der Waals surface area (Å²) in [6.45, 7) is 0. The summed E-state index contributed by atoms with van der Waals surface area (Å²) in [6.07, 6.45) is 3.09. The summed E-state index contributed by atoms with van der Waals surface area (Å²) in [5.41, 5.74) is 0.748. The summed E-state index contributed by atoms with van der Waals surface area (Å²) in [4.78, 5) is 26.4. The van der Waals surface area contributed by atoms with Crippen molar-refractivity contribution >= 4 is 18.0 Å². The fourth-order valence-corrected chi connectivity index (χ4v) is 1.73. The van der Waals surface area contributed by atoms with E-state index in [1.54, 1.807) is 0 Å². The zero-order valence-electron chi connectivity index (χ0n) is 9.04. The van der Waals surface area contributed by atoms with E-state index in [4.69, 9.17) is 5.11 Å². The maximum absolute atomic E-state index is 11.8. The van der Waals surface area contributed by atoms with Crippen molar-refractivity contribution in [1.82, 2.24) is 0 Å². The van der Waals surface area contributed by atoms with Crippen LogP contribution < -0.4 is 0 Å². The van der Waals surface area contributed by atoms with Gasteiger partial charge >= 0.3 is 5.97 Å². The van der Waals surface area contributed by atoms with Crippen molar-refractivity contribution in [3.8, 4) is 0 Å². The smallest absolute Gasteiger partial charge is 0.340 e. The Balaban J connectivity index is 2.15. The Morgan fingerprint density at radius 2 is 2.00 bits per heavy atom. The number of hydrogen-bond acceptors (Lipinski definition) is 3. The van der Waals surface area contributed by atoms with Gasteiger partial charge in [-0.2, -0.15) is 0 Å². The molecule has 0 aliphatic carbocycles. The van der Waals surface area contributed by atoms with Gasteiger partial charge in [0, 0.05) is 12.4 Å². The maximum atomic E-state index is 11.8. The van der Waals surface area contributed by atoms with Crippen molar-refractivity contribution in [3.05, 3.63) is 47.7 Å². The first-order chi connectivity index (χ1) is 8.18. The summed E-state index contributed by atoms with van der Waals surface area (Å²) >= 11 is 0. The Hall–Kier alpha value is -2.23. The van der Waals surface area contributed by atoms with Crippen molar-refractivity contribution in [2.75, 3.05) is 0 Å². The lowest BCUT2D eigenvalue weighted by Crippen LogP contribution is -2.26. The molecule has 0 saturated heterocycles. The van der Waals surface area contributed by atoms with Crippen LogP contribution in [0.3, 0.4) is 0 Å². The van der Waals surface area contributed by atoms with E-state index in [1.807, 2.05) is 30.3 Å². The highest BCUT2D eigenvalue weighted by molar-refractivity contribution is 6.22. The molecule has 1 N–H and O–H groups in total. The third kappa shape index (κ3) is 2.47. The number of Topliss-reactive ketones (excluding diaryl/α,β-unsaturated/α-hetero) is 1. The summed E-state index contributed by atoms with van der Waals surface area (Å²) in [5.74, 6) is -2.07. The van der Waals surface area contributed by atoms with Gasteiger partial charge < -0.3 is 5.11 Å². The van der Waals surface area contributed by atoms with Gasteiger partial charge in [0.05, 0.1) is 5.92 Å². The SMILES string of the molecule is O=C(O)C1=CN=CC(Cc2ccccc2)C1=O. The van der Waals surface area contributed by atoms with Crippen molar-refractivity contribution in [3.63, 3.8) is 0 Å². The molecule has 1 aliphatic heterocycles. The molecule has 0 spiro atoms. The van der Waals surface area contributed by atoms with Crippen LogP contribution in [0.5, 0.6) is 0 Å². The second kappa shape index (κ2) is 4.74. The molecule has 0 saturated carbocycles. The molecule has 1 heterocycles. The molecule has 1 unspecified atom stereocenters. The third-order valence-electron chi connectivity index (χ3n) is 2.60. The minimum absolute atomic E-state index is 0.242. The van der Waals surface area contributed by atoms with Crippen molar-refractivity contribution in [2.24, 2.45) is 10.9 Å². The number of ketones is 1. The largest absolute Gasteiger partial charge is 0.478 e. The van der Waals surface area contributed by atoms with E-state index < -0.39 is 11.9 Å². The third-order valence-corrected chi connectivity index (χ3v) is 2.60. The molecule has 2 rings (SSSR count). The molecule has 1 atom stereocenters. The lowest BCUT2D eigenvalue weighted by Gasteiger charge is -2.14. The van der Waals surface area contributed by atoms with E-state index in [1.165, 1.54) is 6.21 Å². The first kappa shape index (κ1) is 11.3. The molecular formula is C13H11NO3. The standard InChI is InChI=1S/C13H11NO3/c15-12-10(6-9-4-2-1-3-5-9)7-14-8-11(12)13(16)17/h1-5,7-8,10H,6H2,(H,16,17). The van der Waals surface area contributed by atoms with Gasteiger partial charge in [0.2, 0.25) is 0 Å². The monoisotopic (exact) mass is 229 g/mol. The molecule has 4 heteroatoms. The average molecular weight is 229 g/mol. The Kier molecular flexibility index (Phi) is 3.14. The van der Waals surface area contributed by atoms with E-state index in [-0.39, 0.29) is 11.4 Å². The molecule has 1 aromatic rings.